The van der Waals surface area contributed by atoms with Crippen molar-refractivity contribution in [3.63, 3.8) is 0 Å². The van der Waals surface area contributed by atoms with Gasteiger partial charge in [-0.25, -0.2) is 4.98 Å². The minimum atomic E-state index is 0.510. The first-order chi connectivity index (χ1) is 14.8. The normalized spacial score (nSPS) is 12.9. The second-order valence-corrected chi connectivity index (χ2v) is 7.05. The number of nitrogens with zero attached hydrogens (tertiary/aromatic N) is 4. The Morgan fingerprint density at radius 1 is 1.20 bits per heavy atom. The second kappa shape index (κ2) is 7.90. The van der Waals surface area contributed by atoms with Crippen LogP contribution in [0.4, 0.5) is 0 Å². The molecule has 8 nitrogen and oxygen atoms in total. The summed E-state index contributed by atoms with van der Waals surface area (Å²) in [6, 6.07) is 13.5. The van der Waals surface area contributed by atoms with Gasteiger partial charge in [-0.2, -0.15) is 5.10 Å². The van der Waals surface area contributed by atoms with E-state index in [4.69, 9.17) is 13.7 Å². The Bertz CT molecular complexity index is 1140. The molecule has 0 fully saturated rings. The minimum Gasteiger partial charge on any atom is -0.494 e. The van der Waals surface area contributed by atoms with Gasteiger partial charge < -0.3 is 18.7 Å². The van der Waals surface area contributed by atoms with Gasteiger partial charge in [0.25, 0.3) is 0 Å². The van der Waals surface area contributed by atoms with Crippen molar-refractivity contribution in [2.45, 2.75) is 26.4 Å². The number of benzene rings is 1. The number of H-pyrrole nitrogens is 1. The molecule has 5 rings (SSSR count). The number of aromatic nitrogens is 3. The van der Waals surface area contributed by atoms with Crippen molar-refractivity contribution in [2.75, 3.05) is 6.61 Å². The number of aromatic amines is 1. The van der Waals surface area contributed by atoms with Gasteiger partial charge in [0.05, 0.1) is 37.9 Å². The van der Waals surface area contributed by atoms with Crippen LogP contribution in [-0.2, 0) is 13.1 Å². The maximum absolute atomic E-state index is 5.63. The third-order valence-corrected chi connectivity index (χ3v) is 4.77. The zero-order chi connectivity index (χ0) is 20.3. The fourth-order valence-corrected chi connectivity index (χ4v) is 3.28. The molecule has 0 spiro atoms. The Kier molecular flexibility index (Phi) is 4.80. The molecule has 0 bridgehead atoms. The van der Waals surface area contributed by atoms with E-state index in [2.05, 4.69) is 27.1 Å². The van der Waals surface area contributed by atoms with E-state index in [1.165, 1.54) is 0 Å². The molecule has 0 amide bonds. The molecule has 152 valence electrons. The molecule has 4 heterocycles. The first-order valence-electron chi connectivity index (χ1n) is 9.89. The van der Waals surface area contributed by atoms with Gasteiger partial charge in [-0.3, -0.25) is 5.01 Å². The molecule has 4 aromatic rings. The monoisotopic (exact) mass is 403 g/mol. The van der Waals surface area contributed by atoms with Crippen LogP contribution in [0.2, 0.25) is 0 Å². The predicted octanol–water partition coefficient (Wildman–Crippen LogP) is 4.46. The summed E-state index contributed by atoms with van der Waals surface area (Å²) in [6.45, 7) is 3.91. The van der Waals surface area contributed by atoms with Crippen LogP contribution >= 0.6 is 0 Å². The molecule has 1 aromatic carbocycles. The Morgan fingerprint density at radius 2 is 2.10 bits per heavy atom. The summed E-state index contributed by atoms with van der Waals surface area (Å²) in [5.74, 6) is 3.00. The number of rotatable bonds is 7. The quantitative estimate of drug-likeness (QED) is 0.490. The minimum absolute atomic E-state index is 0.510. The predicted molar refractivity (Wildman–Crippen MR) is 111 cm³/mol. The Morgan fingerprint density at radius 3 is 2.90 bits per heavy atom. The number of hydrazone groups is 1. The lowest BCUT2D eigenvalue weighted by Crippen LogP contribution is -2.21. The van der Waals surface area contributed by atoms with Crippen molar-refractivity contribution in [3.05, 3.63) is 65.9 Å². The summed E-state index contributed by atoms with van der Waals surface area (Å²) in [5.41, 5.74) is 3.57. The maximum atomic E-state index is 5.63. The number of imidazole rings is 1. The first-order valence-corrected chi connectivity index (χ1v) is 9.89. The van der Waals surface area contributed by atoms with Crippen LogP contribution in [0.15, 0.2) is 62.8 Å². The fourth-order valence-electron chi connectivity index (χ4n) is 3.28. The molecule has 0 atom stereocenters. The highest BCUT2D eigenvalue weighted by molar-refractivity contribution is 5.80. The zero-order valence-electron chi connectivity index (χ0n) is 16.5. The van der Waals surface area contributed by atoms with Crippen LogP contribution in [0, 0.1) is 0 Å². The highest BCUT2D eigenvalue weighted by Crippen LogP contribution is 2.25. The fraction of sp³-hybridized carbons (Fsp3) is 0.227. The van der Waals surface area contributed by atoms with Crippen molar-refractivity contribution in [1.82, 2.24) is 20.1 Å². The van der Waals surface area contributed by atoms with E-state index in [0.717, 1.165) is 40.6 Å². The Balaban J connectivity index is 1.25. The smallest absolute Gasteiger partial charge is 0.174 e. The van der Waals surface area contributed by atoms with Crippen molar-refractivity contribution in [2.24, 2.45) is 5.10 Å². The Hall–Kier alpha value is -3.81. The van der Waals surface area contributed by atoms with Crippen molar-refractivity contribution in [3.8, 4) is 28.6 Å². The van der Waals surface area contributed by atoms with Crippen LogP contribution < -0.4 is 4.74 Å². The van der Waals surface area contributed by atoms with Gasteiger partial charge >= 0.3 is 0 Å². The van der Waals surface area contributed by atoms with Gasteiger partial charge in [0, 0.05) is 11.6 Å². The Labute approximate surface area is 173 Å². The van der Waals surface area contributed by atoms with Crippen LogP contribution in [0.1, 0.15) is 30.5 Å². The van der Waals surface area contributed by atoms with Gasteiger partial charge in [0.1, 0.15) is 17.1 Å². The molecular weight excluding hydrogens is 382 g/mol. The third kappa shape index (κ3) is 3.71. The van der Waals surface area contributed by atoms with Crippen LogP contribution in [0.3, 0.4) is 0 Å². The molecule has 0 saturated carbocycles. The highest BCUT2D eigenvalue weighted by Gasteiger charge is 2.19. The van der Waals surface area contributed by atoms with Crippen LogP contribution in [0.25, 0.3) is 22.8 Å². The van der Waals surface area contributed by atoms with E-state index < -0.39 is 0 Å². The van der Waals surface area contributed by atoms with Gasteiger partial charge in [0.15, 0.2) is 17.3 Å². The highest BCUT2D eigenvalue weighted by atomic mass is 16.5. The van der Waals surface area contributed by atoms with E-state index in [-0.39, 0.29) is 0 Å². The van der Waals surface area contributed by atoms with E-state index in [1.54, 1.807) is 12.5 Å². The summed E-state index contributed by atoms with van der Waals surface area (Å²) in [5, 5.41) is 10.6. The van der Waals surface area contributed by atoms with E-state index in [9.17, 15) is 0 Å². The number of hydrogen-bond acceptors (Lipinski definition) is 7. The zero-order valence-corrected chi connectivity index (χ0v) is 16.5. The van der Waals surface area contributed by atoms with E-state index in [0.29, 0.717) is 31.3 Å². The second-order valence-electron chi connectivity index (χ2n) is 7.05. The van der Waals surface area contributed by atoms with Crippen molar-refractivity contribution < 1.29 is 13.7 Å². The summed E-state index contributed by atoms with van der Waals surface area (Å²) >= 11 is 0. The standard InChI is InChI=1S/C22H21N5O3/c1-2-9-28-16-7-5-15(6-8-16)18-11-17(30-26-18)13-27-14-20-19(12-23-27)24-22(25-20)21-4-3-10-29-21/h3-8,10-12H,2,9,13-14H2,1H3,(H,24,25). The summed E-state index contributed by atoms with van der Waals surface area (Å²) in [6.07, 6.45) is 4.36. The molecule has 1 aliphatic heterocycles. The number of hydrogen-bond donors (Lipinski definition) is 1. The number of fused-ring (bicyclic) bond motifs is 1. The van der Waals surface area contributed by atoms with E-state index in [1.807, 2.05) is 47.5 Å². The van der Waals surface area contributed by atoms with Crippen LogP contribution in [0.5, 0.6) is 5.75 Å². The summed E-state index contributed by atoms with van der Waals surface area (Å²) in [7, 11) is 0. The lowest BCUT2D eigenvalue weighted by Gasteiger charge is -2.19. The molecule has 3 aromatic heterocycles. The van der Waals surface area contributed by atoms with Gasteiger partial charge in [0.2, 0.25) is 0 Å². The number of nitrogens with one attached hydrogen (secondary N) is 1. The molecule has 0 aliphatic carbocycles. The number of ether oxygens (including phenoxy) is 1. The topological polar surface area (TPSA) is 92.7 Å². The molecular formula is C22H21N5O3. The largest absolute Gasteiger partial charge is 0.494 e. The van der Waals surface area contributed by atoms with Gasteiger partial charge in [-0.1, -0.05) is 12.1 Å². The maximum Gasteiger partial charge on any atom is 0.174 e. The summed E-state index contributed by atoms with van der Waals surface area (Å²) < 4.78 is 16.6. The number of furan rings is 1. The van der Waals surface area contributed by atoms with Gasteiger partial charge in [-0.15, -0.1) is 0 Å². The molecule has 1 N–H and O–H groups in total. The molecule has 8 heteroatoms. The molecule has 0 unspecified atom stereocenters. The molecule has 1 aliphatic rings. The lowest BCUT2D eigenvalue weighted by atomic mass is 10.1. The van der Waals surface area contributed by atoms with Crippen molar-refractivity contribution >= 4 is 6.21 Å². The molecule has 30 heavy (non-hydrogen) atoms. The van der Waals surface area contributed by atoms with Gasteiger partial charge in [-0.05, 0) is 42.8 Å². The van der Waals surface area contributed by atoms with Crippen LogP contribution in [-0.4, -0.2) is 33.0 Å². The molecule has 0 radical (unpaired) electrons. The van der Waals surface area contributed by atoms with Crippen molar-refractivity contribution in [1.29, 1.82) is 0 Å². The average molecular weight is 403 g/mol. The van der Waals surface area contributed by atoms with E-state index >= 15 is 0 Å². The average Bonchev–Trinajstić information content (AvgIpc) is 3.52. The molecule has 0 saturated heterocycles. The lowest BCUT2D eigenvalue weighted by molar-refractivity contribution is 0.229. The SMILES string of the molecule is CCCOc1ccc(-c2cc(CN3Cc4[nH]c(-c5ccco5)nc4C=N3)on2)cc1. The third-order valence-electron chi connectivity index (χ3n) is 4.77. The first kappa shape index (κ1) is 18.2. The summed E-state index contributed by atoms with van der Waals surface area (Å²) in [4.78, 5) is 7.84.